The molecular formula is C10H10ClNO4S. The molecule has 0 spiro atoms. The molecule has 5 nitrogen and oxygen atoms in total. The average molecular weight is 276 g/mol. The molecule has 0 aliphatic carbocycles. The number of Topliss-reactive ketones (excluding diaryl/α,β-unsaturated/α-hetero) is 1. The van der Waals surface area contributed by atoms with Crippen LogP contribution < -0.4 is 5.73 Å². The number of nitrogens with two attached hydrogens (primary N) is 1. The van der Waals surface area contributed by atoms with Gasteiger partial charge in [-0.2, -0.15) is 0 Å². The molecule has 1 amide bonds. The Morgan fingerprint density at radius 2 is 2.00 bits per heavy atom. The van der Waals surface area contributed by atoms with Gasteiger partial charge in [0.1, 0.15) is 0 Å². The molecule has 0 unspecified atom stereocenters. The first-order chi connectivity index (χ1) is 7.99. The number of ketones is 1. The van der Waals surface area contributed by atoms with Crippen molar-refractivity contribution < 1.29 is 19.1 Å². The van der Waals surface area contributed by atoms with E-state index in [9.17, 15) is 14.4 Å². The molecule has 17 heavy (non-hydrogen) atoms. The van der Waals surface area contributed by atoms with Gasteiger partial charge in [0, 0.05) is 6.42 Å². The number of ether oxygens (including phenoxy) is 1. The third-order valence-electron chi connectivity index (χ3n) is 1.78. The summed E-state index contributed by atoms with van der Waals surface area (Å²) in [5, 5.41) is 0. The molecule has 1 rings (SSSR count). The van der Waals surface area contributed by atoms with Crippen molar-refractivity contribution in [3.63, 3.8) is 0 Å². The zero-order valence-corrected chi connectivity index (χ0v) is 10.3. The van der Waals surface area contributed by atoms with Gasteiger partial charge in [-0.3, -0.25) is 14.4 Å². The van der Waals surface area contributed by atoms with Gasteiger partial charge in [-0.1, -0.05) is 11.6 Å². The van der Waals surface area contributed by atoms with Gasteiger partial charge < -0.3 is 10.5 Å². The number of rotatable bonds is 6. The third kappa shape index (κ3) is 4.97. The van der Waals surface area contributed by atoms with Crippen LogP contribution in [0.3, 0.4) is 0 Å². The first-order valence-electron chi connectivity index (χ1n) is 4.71. The number of amides is 1. The Morgan fingerprint density at radius 1 is 1.29 bits per heavy atom. The van der Waals surface area contributed by atoms with E-state index < -0.39 is 18.5 Å². The van der Waals surface area contributed by atoms with E-state index in [4.69, 9.17) is 17.3 Å². The minimum atomic E-state index is -0.727. The van der Waals surface area contributed by atoms with E-state index in [2.05, 4.69) is 4.74 Å². The first kappa shape index (κ1) is 13.7. The maximum atomic E-state index is 11.6. The fourth-order valence-corrected chi connectivity index (χ4v) is 2.04. The number of carbonyl (C=O) groups is 3. The molecule has 0 atom stereocenters. The highest BCUT2D eigenvalue weighted by Crippen LogP contribution is 2.22. The fraction of sp³-hybridized carbons (Fsp3) is 0.300. The number of carbonyl (C=O) groups excluding carboxylic acids is 3. The van der Waals surface area contributed by atoms with Crippen LogP contribution in [-0.2, 0) is 14.3 Å². The molecule has 7 heteroatoms. The zero-order valence-electron chi connectivity index (χ0n) is 8.77. The molecule has 0 aliphatic heterocycles. The van der Waals surface area contributed by atoms with E-state index in [1.165, 1.54) is 0 Å². The Bertz CT molecular complexity index is 443. The summed E-state index contributed by atoms with van der Waals surface area (Å²) >= 11 is 6.83. The van der Waals surface area contributed by atoms with Gasteiger partial charge in [0.25, 0.3) is 5.91 Å². The zero-order chi connectivity index (χ0) is 12.8. The Morgan fingerprint density at radius 3 is 2.53 bits per heavy atom. The molecule has 0 bridgehead atoms. The van der Waals surface area contributed by atoms with E-state index in [1.54, 1.807) is 12.1 Å². The van der Waals surface area contributed by atoms with Crippen LogP contribution in [0.25, 0.3) is 0 Å². The lowest BCUT2D eigenvalue weighted by Crippen LogP contribution is -2.21. The highest BCUT2D eigenvalue weighted by atomic mass is 35.5. The Balaban J connectivity index is 2.33. The fourth-order valence-electron chi connectivity index (χ4n) is 1.03. The Hall–Kier alpha value is -1.40. The summed E-state index contributed by atoms with van der Waals surface area (Å²) in [6, 6.07) is 3.22. The van der Waals surface area contributed by atoms with Gasteiger partial charge in [0.15, 0.2) is 12.4 Å². The van der Waals surface area contributed by atoms with Crippen molar-refractivity contribution in [2.24, 2.45) is 5.73 Å². The van der Waals surface area contributed by atoms with E-state index in [0.717, 1.165) is 11.3 Å². The van der Waals surface area contributed by atoms with Crippen molar-refractivity contribution in [3.8, 4) is 0 Å². The molecule has 0 saturated heterocycles. The van der Waals surface area contributed by atoms with Crippen LogP contribution in [0.5, 0.6) is 0 Å². The monoisotopic (exact) mass is 275 g/mol. The molecular weight excluding hydrogens is 266 g/mol. The Kier molecular flexibility index (Phi) is 5.11. The number of esters is 1. The number of thiophene rings is 1. The molecule has 2 N–H and O–H groups in total. The second-order valence-electron chi connectivity index (χ2n) is 3.15. The van der Waals surface area contributed by atoms with Crippen LogP contribution in [-0.4, -0.2) is 24.3 Å². The summed E-state index contributed by atoms with van der Waals surface area (Å²) in [6.07, 6.45) is -0.0595. The van der Waals surface area contributed by atoms with E-state index in [-0.39, 0.29) is 18.6 Å². The normalized spacial score (nSPS) is 9.94. The molecule has 0 radical (unpaired) electrons. The number of primary amides is 1. The molecule has 0 saturated carbocycles. The smallest absolute Gasteiger partial charge is 0.306 e. The van der Waals surface area contributed by atoms with Crippen LogP contribution in [0, 0.1) is 0 Å². The minimum Gasteiger partial charge on any atom is -0.456 e. The van der Waals surface area contributed by atoms with Crippen LogP contribution >= 0.6 is 22.9 Å². The van der Waals surface area contributed by atoms with Crippen molar-refractivity contribution in [1.29, 1.82) is 0 Å². The highest BCUT2D eigenvalue weighted by Gasteiger charge is 2.12. The van der Waals surface area contributed by atoms with E-state index in [1.807, 2.05) is 0 Å². The average Bonchev–Trinajstić information content (AvgIpc) is 2.70. The summed E-state index contributed by atoms with van der Waals surface area (Å²) < 4.78 is 5.02. The van der Waals surface area contributed by atoms with Crippen molar-refractivity contribution in [2.75, 3.05) is 6.61 Å². The molecule has 0 aliphatic rings. The van der Waals surface area contributed by atoms with Gasteiger partial charge in [-0.25, -0.2) is 0 Å². The molecule has 0 aromatic carbocycles. The molecule has 1 heterocycles. The van der Waals surface area contributed by atoms with Crippen LogP contribution in [0.4, 0.5) is 0 Å². The maximum Gasteiger partial charge on any atom is 0.306 e. The second kappa shape index (κ2) is 6.36. The lowest BCUT2D eigenvalue weighted by molar-refractivity contribution is -0.147. The summed E-state index contributed by atoms with van der Waals surface area (Å²) in [6.45, 7) is -0.460. The lowest BCUT2D eigenvalue weighted by atomic mass is 10.2. The quantitative estimate of drug-likeness (QED) is 0.628. The predicted octanol–water partition coefficient (Wildman–Crippen LogP) is 1.39. The summed E-state index contributed by atoms with van der Waals surface area (Å²) in [5.74, 6) is -1.53. The SMILES string of the molecule is NC(=O)COC(=O)CCC(=O)c1ccc(Cl)s1. The standard InChI is InChI=1S/C10H10ClNO4S/c11-8-3-2-7(17-8)6(13)1-4-10(15)16-5-9(12)14/h2-3H,1,4-5H2,(H2,12,14). The van der Waals surface area contributed by atoms with E-state index >= 15 is 0 Å². The van der Waals surface area contributed by atoms with Crippen LogP contribution in [0.1, 0.15) is 22.5 Å². The lowest BCUT2D eigenvalue weighted by Gasteiger charge is -2.00. The third-order valence-corrected chi connectivity index (χ3v) is 3.05. The molecule has 92 valence electrons. The van der Waals surface area contributed by atoms with Gasteiger partial charge in [-0.15, -0.1) is 11.3 Å². The van der Waals surface area contributed by atoms with Crippen LogP contribution in [0.15, 0.2) is 12.1 Å². The van der Waals surface area contributed by atoms with Gasteiger partial charge in [-0.05, 0) is 12.1 Å². The largest absolute Gasteiger partial charge is 0.456 e. The van der Waals surface area contributed by atoms with Crippen LogP contribution in [0.2, 0.25) is 4.34 Å². The predicted molar refractivity (Wildman–Crippen MR) is 63.0 cm³/mol. The highest BCUT2D eigenvalue weighted by molar-refractivity contribution is 7.18. The van der Waals surface area contributed by atoms with Gasteiger partial charge in [0.2, 0.25) is 0 Å². The van der Waals surface area contributed by atoms with E-state index in [0.29, 0.717) is 9.21 Å². The first-order valence-corrected chi connectivity index (χ1v) is 5.91. The van der Waals surface area contributed by atoms with Gasteiger partial charge >= 0.3 is 5.97 Å². The number of halogens is 1. The second-order valence-corrected chi connectivity index (χ2v) is 4.87. The molecule has 0 fully saturated rings. The van der Waals surface area contributed by atoms with Crippen molar-refractivity contribution in [1.82, 2.24) is 0 Å². The minimum absolute atomic E-state index is 0.0223. The van der Waals surface area contributed by atoms with Gasteiger partial charge in [0.05, 0.1) is 15.6 Å². The summed E-state index contributed by atoms with van der Waals surface area (Å²) in [7, 11) is 0. The van der Waals surface area contributed by atoms with Crippen molar-refractivity contribution >= 4 is 40.6 Å². The van der Waals surface area contributed by atoms with Crippen molar-refractivity contribution in [2.45, 2.75) is 12.8 Å². The maximum absolute atomic E-state index is 11.6. The topological polar surface area (TPSA) is 86.5 Å². The number of hydrogen-bond donors (Lipinski definition) is 1. The number of hydrogen-bond acceptors (Lipinski definition) is 5. The molecule has 1 aromatic rings. The molecule has 1 aromatic heterocycles. The Labute approximate surface area is 107 Å². The van der Waals surface area contributed by atoms with Crippen molar-refractivity contribution in [3.05, 3.63) is 21.3 Å². The summed E-state index contributed by atoms with van der Waals surface area (Å²) in [5.41, 5.74) is 4.79. The summed E-state index contributed by atoms with van der Waals surface area (Å²) in [4.78, 5) is 33.5.